The number of aromatic nitrogens is 1. The van der Waals surface area contributed by atoms with Gasteiger partial charge in [-0.1, -0.05) is 38.0 Å². The third kappa shape index (κ3) is 2.85. The van der Waals surface area contributed by atoms with Crippen LogP contribution < -0.4 is 5.32 Å². The summed E-state index contributed by atoms with van der Waals surface area (Å²) in [4.78, 5) is 4.50. The molecule has 1 aliphatic carbocycles. The van der Waals surface area contributed by atoms with E-state index in [9.17, 15) is 0 Å². The number of benzene rings is 1. The van der Waals surface area contributed by atoms with Gasteiger partial charge in [0.05, 0.1) is 5.52 Å². The van der Waals surface area contributed by atoms with Crippen molar-refractivity contribution in [2.45, 2.75) is 45.1 Å². The Hall–Kier alpha value is -1.41. The summed E-state index contributed by atoms with van der Waals surface area (Å²) in [5.74, 6) is 0.794. The zero-order chi connectivity index (χ0) is 13.8. The maximum atomic E-state index is 4.50. The molecule has 2 heteroatoms. The number of rotatable bonds is 5. The highest BCUT2D eigenvalue weighted by atomic mass is 14.9. The van der Waals surface area contributed by atoms with Gasteiger partial charge in [-0.3, -0.25) is 4.98 Å². The highest BCUT2D eigenvalue weighted by Crippen LogP contribution is 2.36. The van der Waals surface area contributed by atoms with Crippen molar-refractivity contribution in [1.82, 2.24) is 10.3 Å². The van der Waals surface area contributed by atoms with Crippen LogP contribution in [0.1, 0.15) is 50.6 Å². The van der Waals surface area contributed by atoms with Crippen LogP contribution in [0.2, 0.25) is 0 Å². The smallest absolute Gasteiger partial charge is 0.0705 e. The second kappa shape index (κ2) is 6.36. The Bertz CT molecular complexity index is 558. The van der Waals surface area contributed by atoms with E-state index in [0.717, 1.165) is 18.0 Å². The van der Waals surface area contributed by atoms with Crippen LogP contribution in [0.15, 0.2) is 36.5 Å². The molecule has 0 amide bonds. The van der Waals surface area contributed by atoms with Crippen molar-refractivity contribution in [3.8, 4) is 0 Å². The van der Waals surface area contributed by atoms with Crippen molar-refractivity contribution in [1.29, 1.82) is 0 Å². The van der Waals surface area contributed by atoms with Gasteiger partial charge in [-0.15, -0.1) is 0 Å². The molecule has 3 rings (SSSR count). The van der Waals surface area contributed by atoms with E-state index in [1.54, 1.807) is 0 Å². The van der Waals surface area contributed by atoms with Crippen LogP contribution in [0, 0.1) is 5.92 Å². The Morgan fingerprint density at radius 2 is 2.10 bits per heavy atom. The Morgan fingerprint density at radius 1 is 1.25 bits per heavy atom. The van der Waals surface area contributed by atoms with Gasteiger partial charge in [0.2, 0.25) is 0 Å². The first-order valence-electron chi connectivity index (χ1n) is 7.96. The quantitative estimate of drug-likeness (QED) is 0.865. The van der Waals surface area contributed by atoms with Crippen LogP contribution >= 0.6 is 0 Å². The number of nitrogens with zero attached hydrogens (tertiary/aromatic N) is 1. The largest absolute Gasteiger partial charge is 0.310 e. The van der Waals surface area contributed by atoms with Crippen molar-refractivity contribution >= 4 is 10.9 Å². The second-order valence-electron chi connectivity index (χ2n) is 5.93. The summed E-state index contributed by atoms with van der Waals surface area (Å²) in [5, 5.41) is 5.00. The minimum Gasteiger partial charge on any atom is -0.310 e. The zero-order valence-corrected chi connectivity index (χ0v) is 12.3. The van der Waals surface area contributed by atoms with Crippen LogP contribution in [0.4, 0.5) is 0 Å². The summed E-state index contributed by atoms with van der Waals surface area (Å²) < 4.78 is 0. The summed E-state index contributed by atoms with van der Waals surface area (Å²) in [6, 6.07) is 11.4. The van der Waals surface area contributed by atoms with Gasteiger partial charge in [-0.2, -0.15) is 0 Å². The molecule has 1 N–H and O–H groups in total. The maximum absolute atomic E-state index is 4.50. The lowest BCUT2D eigenvalue weighted by Gasteiger charge is -2.25. The molecule has 1 aliphatic rings. The van der Waals surface area contributed by atoms with Crippen molar-refractivity contribution < 1.29 is 0 Å². The third-order valence-corrected chi connectivity index (χ3v) is 4.47. The first-order valence-corrected chi connectivity index (χ1v) is 7.96. The second-order valence-corrected chi connectivity index (χ2v) is 5.93. The summed E-state index contributed by atoms with van der Waals surface area (Å²) in [5.41, 5.74) is 2.53. The molecule has 20 heavy (non-hydrogen) atoms. The topological polar surface area (TPSA) is 24.9 Å². The van der Waals surface area contributed by atoms with Crippen LogP contribution in [0.3, 0.4) is 0 Å². The molecule has 0 radical (unpaired) electrons. The van der Waals surface area contributed by atoms with Gasteiger partial charge in [-0.05, 0) is 49.4 Å². The van der Waals surface area contributed by atoms with E-state index in [2.05, 4.69) is 41.5 Å². The fourth-order valence-corrected chi connectivity index (χ4v) is 3.42. The molecule has 0 aliphatic heterocycles. The number of hydrogen-bond donors (Lipinski definition) is 1. The van der Waals surface area contributed by atoms with E-state index in [1.165, 1.54) is 43.1 Å². The normalized spacial score (nSPS) is 17.6. The molecule has 0 saturated heterocycles. The van der Waals surface area contributed by atoms with Gasteiger partial charge in [0, 0.05) is 17.6 Å². The average molecular weight is 268 g/mol. The van der Waals surface area contributed by atoms with E-state index >= 15 is 0 Å². The molecule has 0 spiro atoms. The maximum Gasteiger partial charge on any atom is 0.0705 e. The van der Waals surface area contributed by atoms with Crippen molar-refractivity contribution in [3.63, 3.8) is 0 Å². The first-order chi connectivity index (χ1) is 9.88. The third-order valence-electron chi connectivity index (χ3n) is 4.47. The van der Waals surface area contributed by atoms with Crippen molar-refractivity contribution in [2.24, 2.45) is 5.92 Å². The van der Waals surface area contributed by atoms with Gasteiger partial charge in [-0.25, -0.2) is 0 Å². The lowest BCUT2D eigenvalue weighted by molar-refractivity contribution is 0.368. The minimum atomic E-state index is 0.504. The van der Waals surface area contributed by atoms with Crippen LogP contribution in [0.5, 0.6) is 0 Å². The summed E-state index contributed by atoms with van der Waals surface area (Å²) in [6.45, 7) is 3.34. The Labute approximate surface area is 121 Å². The predicted molar refractivity (Wildman–Crippen MR) is 84.7 cm³/mol. The highest BCUT2D eigenvalue weighted by molar-refractivity contribution is 5.79. The minimum absolute atomic E-state index is 0.504. The summed E-state index contributed by atoms with van der Waals surface area (Å²) >= 11 is 0. The van der Waals surface area contributed by atoms with Gasteiger partial charge in [0.1, 0.15) is 0 Å². The van der Waals surface area contributed by atoms with E-state index in [4.69, 9.17) is 0 Å². The molecule has 106 valence electrons. The predicted octanol–water partition coefficient (Wildman–Crippen LogP) is 4.47. The molecule has 2 aromatic rings. The average Bonchev–Trinajstić information content (AvgIpc) is 3.02. The van der Waals surface area contributed by atoms with E-state index in [1.807, 2.05) is 12.3 Å². The Morgan fingerprint density at radius 3 is 2.90 bits per heavy atom. The molecule has 1 fully saturated rings. The van der Waals surface area contributed by atoms with Gasteiger partial charge in [0.25, 0.3) is 0 Å². The zero-order valence-electron chi connectivity index (χ0n) is 12.3. The first kappa shape index (κ1) is 13.6. The monoisotopic (exact) mass is 268 g/mol. The number of nitrogens with one attached hydrogen (secondary N) is 1. The fraction of sp³-hybridized carbons (Fsp3) is 0.500. The molecule has 1 unspecified atom stereocenters. The van der Waals surface area contributed by atoms with Gasteiger partial charge in [0.15, 0.2) is 0 Å². The Balaban J connectivity index is 1.90. The molecule has 1 heterocycles. The van der Waals surface area contributed by atoms with Crippen LogP contribution in [-0.4, -0.2) is 11.5 Å². The van der Waals surface area contributed by atoms with Crippen LogP contribution in [0.25, 0.3) is 10.9 Å². The summed E-state index contributed by atoms with van der Waals surface area (Å²) in [6.07, 6.45) is 8.58. The number of fused-ring (bicyclic) bond motifs is 1. The molecule has 0 bridgehead atoms. The van der Waals surface area contributed by atoms with Gasteiger partial charge < -0.3 is 5.32 Å². The van der Waals surface area contributed by atoms with Crippen LogP contribution in [-0.2, 0) is 0 Å². The Kier molecular flexibility index (Phi) is 4.31. The molecular formula is C18H24N2. The molecule has 1 atom stereocenters. The lowest BCUT2D eigenvalue weighted by Crippen LogP contribution is -2.27. The molecule has 1 saturated carbocycles. The van der Waals surface area contributed by atoms with E-state index < -0.39 is 0 Å². The van der Waals surface area contributed by atoms with E-state index in [-0.39, 0.29) is 0 Å². The van der Waals surface area contributed by atoms with Crippen molar-refractivity contribution in [3.05, 3.63) is 42.1 Å². The molecule has 2 nitrogen and oxygen atoms in total. The molecule has 1 aromatic heterocycles. The summed E-state index contributed by atoms with van der Waals surface area (Å²) in [7, 11) is 0. The molecular weight excluding hydrogens is 244 g/mol. The molecule has 1 aromatic carbocycles. The van der Waals surface area contributed by atoms with Crippen molar-refractivity contribution in [2.75, 3.05) is 6.54 Å². The number of hydrogen-bond acceptors (Lipinski definition) is 2. The number of pyridine rings is 1. The SMILES string of the molecule is CCCNC(c1ccc2cccnc2c1)C1CCCC1. The van der Waals surface area contributed by atoms with Gasteiger partial charge >= 0.3 is 0 Å². The van der Waals surface area contributed by atoms with E-state index in [0.29, 0.717) is 6.04 Å². The standard InChI is InChI=1S/C18H24N2/c1-2-11-20-18(15-6-3-4-7-15)16-10-9-14-8-5-12-19-17(14)13-16/h5,8-10,12-13,15,18,20H,2-4,6-7,11H2,1H3. The lowest BCUT2D eigenvalue weighted by atomic mass is 9.91. The highest BCUT2D eigenvalue weighted by Gasteiger charge is 2.25. The fourth-order valence-electron chi connectivity index (χ4n) is 3.42.